The highest BCUT2D eigenvalue weighted by atomic mass is 32.1. The molecular formula is C20H16F2N4O3S. The number of anilines is 1. The number of rotatable bonds is 6. The molecule has 0 bridgehead atoms. The van der Waals surface area contributed by atoms with E-state index < -0.39 is 12.5 Å². The van der Waals surface area contributed by atoms with Crippen molar-refractivity contribution in [2.45, 2.75) is 13.5 Å². The van der Waals surface area contributed by atoms with Crippen LogP contribution in [0.3, 0.4) is 0 Å². The number of hydrogen-bond acceptors (Lipinski definition) is 6. The number of hydrogen-bond donors (Lipinski definition) is 1. The fourth-order valence-electron chi connectivity index (χ4n) is 2.91. The Labute approximate surface area is 173 Å². The van der Waals surface area contributed by atoms with Gasteiger partial charge in [-0.3, -0.25) is 14.7 Å². The third-order valence-electron chi connectivity index (χ3n) is 4.25. The number of thiazole rings is 1. The molecule has 1 N–H and O–H groups in total. The maximum atomic E-state index is 13.1. The molecule has 3 heterocycles. The van der Waals surface area contributed by atoms with E-state index in [1.807, 2.05) is 12.1 Å². The zero-order chi connectivity index (χ0) is 21.3. The topological polar surface area (TPSA) is 82.2 Å². The molecule has 10 heteroatoms. The zero-order valence-electron chi connectivity index (χ0n) is 15.9. The minimum Gasteiger partial charge on any atom is -0.493 e. The monoisotopic (exact) mass is 430 g/mol. The zero-order valence-corrected chi connectivity index (χ0v) is 16.7. The number of ether oxygens (including phenoxy) is 1. The molecule has 0 atom stereocenters. The summed E-state index contributed by atoms with van der Waals surface area (Å²) in [5, 5.41) is 3.77. The average molecular weight is 430 g/mol. The summed E-state index contributed by atoms with van der Waals surface area (Å²) in [7, 11) is 1.55. The van der Waals surface area contributed by atoms with Crippen molar-refractivity contribution in [1.29, 1.82) is 0 Å². The number of halogens is 2. The van der Waals surface area contributed by atoms with Gasteiger partial charge in [0, 0.05) is 23.9 Å². The summed E-state index contributed by atoms with van der Waals surface area (Å²) in [6, 6.07) is 7.30. The first-order chi connectivity index (χ1) is 14.5. The molecule has 1 amide bonds. The van der Waals surface area contributed by atoms with Gasteiger partial charge in [-0.2, -0.15) is 8.78 Å². The molecule has 3 aromatic heterocycles. The number of carbonyl (C=O) groups excluding carboxylic acids is 1. The highest BCUT2D eigenvalue weighted by Crippen LogP contribution is 2.33. The molecule has 0 fully saturated rings. The standard InChI is InChI=1S/C20H16F2N4O3S/c1-11-17(18-23-8-9-26(18)19(21)22)30-20(24-11)25-15(27)7-6-13-10-12-4-3-5-14(28-2)16(12)29-13/h3-10,19H,1-2H3,(H,24,25,27)/b7-6+. The van der Waals surface area contributed by atoms with E-state index in [2.05, 4.69) is 15.3 Å². The number of methoxy groups -OCH3 is 1. The Bertz CT molecular complexity index is 1240. The Morgan fingerprint density at radius 1 is 1.40 bits per heavy atom. The Morgan fingerprint density at radius 2 is 2.23 bits per heavy atom. The molecule has 0 radical (unpaired) electrons. The van der Waals surface area contributed by atoms with Gasteiger partial charge in [-0.25, -0.2) is 9.97 Å². The SMILES string of the molecule is COc1cccc2cc(/C=C/C(=O)Nc3nc(C)c(-c4nccn4C(F)F)s3)oc12. The minimum absolute atomic E-state index is 0.104. The van der Waals surface area contributed by atoms with Crippen LogP contribution < -0.4 is 10.1 Å². The molecule has 4 aromatic rings. The van der Waals surface area contributed by atoms with Crippen LogP contribution in [0.2, 0.25) is 0 Å². The summed E-state index contributed by atoms with van der Waals surface area (Å²) in [5.41, 5.74) is 1.09. The van der Waals surface area contributed by atoms with Crippen molar-refractivity contribution >= 4 is 39.4 Å². The number of aryl methyl sites for hydroxylation is 1. The first-order valence-electron chi connectivity index (χ1n) is 8.80. The van der Waals surface area contributed by atoms with Crippen LogP contribution in [0.5, 0.6) is 5.75 Å². The Morgan fingerprint density at radius 3 is 3.00 bits per heavy atom. The number of alkyl halides is 2. The quantitative estimate of drug-likeness (QED) is 0.430. The molecule has 7 nitrogen and oxygen atoms in total. The van der Waals surface area contributed by atoms with Crippen LogP contribution in [-0.4, -0.2) is 27.6 Å². The van der Waals surface area contributed by atoms with Crippen LogP contribution in [0, 0.1) is 6.92 Å². The number of para-hydroxylation sites is 1. The number of carbonyl (C=O) groups is 1. The molecular weight excluding hydrogens is 414 g/mol. The number of aromatic nitrogens is 3. The van der Waals surface area contributed by atoms with E-state index in [-0.39, 0.29) is 11.0 Å². The van der Waals surface area contributed by atoms with E-state index in [1.54, 1.807) is 26.2 Å². The number of fused-ring (bicyclic) bond motifs is 1. The number of nitrogens with zero attached hydrogens (tertiary/aromatic N) is 3. The van der Waals surface area contributed by atoms with Crippen LogP contribution in [0.1, 0.15) is 18.0 Å². The van der Waals surface area contributed by atoms with Crippen molar-refractivity contribution in [3.63, 3.8) is 0 Å². The summed E-state index contributed by atoms with van der Waals surface area (Å²) >= 11 is 1.07. The summed E-state index contributed by atoms with van der Waals surface area (Å²) in [4.78, 5) is 20.9. The number of benzene rings is 1. The van der Waals surface area contributed by atoms with Crippen LogP contribution in [0.4, 0.5) is 13.9 Å². The number of furan rings is 1. The number of amides is 1. The van der Waals surface area contributed by atoms with E-state index in [0.717, 1.165) is 21.3 Å². The van der Waals surface area contributed by atoms with Crippen molar-refractivity contribution in [2.24, 2.45) is 0 Å². The number of imidazole rings is 1. The van der Waals surface area contributed by atoms with Crippen LogP contribution >= 0.6 is 11.3 Å². The lowest BCUT2D eigenvalue weighted by molar-refractivity contribution is -0.111. The fraction of sp³-hybridized carbons (Fsp3) is 0.150. The molecule has 0 aliphatic carbocycles. The molecule has 1 aromatic carbocycles. The largest absolute Gasteiger partial charge is 0.493 e. The molecule has 0 saturated heterocycles. The Hall–Kier alpha value is -3.53. The lowest BCUT2D eigenvalue weighted by Crippen LogP contribution is -2.07. The Kier molecular flexibility index (Phi) is 5.32. The van der Waals surface area contributed by atoms with Gasteiger partial charge in [-0.05, 0) is 25.1 Å². The lowest BCUT2D eigenvalue weighted by Gasteiger charge is -2.04. The summed E-state index contributed by atoms with van der Waals surface area (Å²) < 4.78 is 37.9. The van der Waals surface area contributed by atoms with E-state index in [9.17, 15) is 13.6 Å². The van der Waals surface area contributed by atoms with E-state index in [4.69, 9.17) is 9.15 Å². The highest BCUT2D eigenvalue weighted by Gasteiger charge is 2.19. The second-order valence-corrected chi connectivity index (χ2v) is 7.22. The van der Waals surface area contributed by atoms with Crippen molar-refractivity contribution < 1.29 is 22.7 Å². The van der Waals surface area contributed by atoms with Gasteiger partial charge in [-0.15, -0.1) is 0 Å². The Balaban J connectivity index is 1.50. The van der Waals surface area contributed by atoms with Gasteiger partial charge in [0.15, 0.2) is 22.3 Å². The molecule has 0 saturated carbocycles. The van der Waals surface area contributed by atoms with E-state index in [1.165, 1.54) is 24.5 Å². The minimum atomic E-state index is -2.72. The van der Waals surface area contributed by atoms with Gasteiger partial charge in [0.1, 0.15) is 5.76 Å². The second kappa shape index (κ2) is 8.07. The van der Waals surface area contributed by atoms with Crippen molar-refractivity contribution in [2.75, 3.05) is 12.4 Å². The third kappa shape index (κ3) is 3.81. The smallest absolute Gasteiger partial charge is 0.320 e. The maximum Gasteiger partial charge on any atom is 0.320 e. The molecule has 0 aliphatic rings. The number of nitrogens with one attached hydrogen (secondary N) is 1. The van der Waals surface area contributed by atoms with E-state index in [0.29, 0.717) is 27.7 Å². The van der Waals surface area contributed by atoms with E-state index >= 15 is 0 Å². The molecule has 154 valence electrons. The van der Waals surface area contributed by atoms with Gasteiger partial charge in [0.2, 0.25) is 5.91 Å². The second-order valence-electron chi connectivity index (χ2n) is 6.22. The van der Waals surface area contributed by atoms with Crippen LogP contribution in [0.25, 0.3) is 27.7 Å². The van der Waals surface area contributed by atoms with Gasteiger partial charge < -0.3 is 9.15 Å². The summed E-state index contributed by atoms with van der Waals surface area (Å²) in [6.45, 7) is -1.05. The highest BCUT2D eigenvalue weighted by molar-refractivity contribution is 7.19. The molecule has 0 spiro atoms. The van der Waals surface area contributed by atoms with Gasteiger partial charge in [0.05, 0.1) is 17.7 Å². The summed E-state index contributed by atoms with van der Waals surface area (Å²) in [6.07, 6.45) is 5.33. The van der Waals surface area contributed by atoms with Crippen molar-refractivity contribution in [1.82, 2.24) is 14.5 Å². The predicted molar refractivity (Wildman–Crippen MR) is 110 cm³/mol. The third-order valence-corrected chi connectivity index (χ3v) is 5.32. The van der Waals surface area contributed by atoms with Crippen LogP contribution in [-0.2, 0) is 4.79 Å². The van der Waals surface area contributed by atoms with Crippen LogP contribution in [0.15, 0.2) is 47.2 Å². The fourth-order valence-corrected chi connectivity index (χ4v) is 3.88. The van der Waals surface area contributed by atoms with Crippen molar-refractivity contribution in [3.8, 4) is 16.5 Å². The molecule has 0 unspecified atom stereocenters. The van der Waals surface area contributed by atoms with Gasteiger partial charge in [0.25, 0.3) is 0 Å². The predicted octanol–water partition coefficient (Wildman–Crippen LogP) is 5.12. The average Bonchev–Trinajstić information content (AvgIpc) is 3.43. The van der Waals surface area contributed by atoms with Crippen molar-refractivity contribution in [3.05, 3.63) is 54.2 Å². The molecule has 30 heavy (non-hydrogen) atoms. The maximum absolute atomic E-state index is 13.1. The first-order valence-corrected chi connectivity index (χ1v) is 9.62. The normalized spacial score (nSPS) is 11.6. The molecule has 4 rings (SSSR count). The summed E-state index contributed by atoms with van der Waals surface area (Å²) in [5.74, 6) is 0.761. The van der Waals surface area contributed by atoms with Gasteiger partial charge in [-0.1, -0.05) is 23.5 Å². The lowest BCUT2D eigenvalue weighted by atomic mass is 10.2. The molecule has 0 aliphatic heterocycles. The first kappa shape index (κ1) is 19.8. The van der Waals surface area contributed by atoms with Gasteiger partial charge >= 0.3 is 6.55 Å².